The summed E-state index contributed by atoms with van der Waals surface area (Å²) in [7, 11) is 0. The number of hydrogen-bond donors (Lipinski definition) is 3. The fourth-order valence-corrected chi connectivity index (χ4v) is 3.80. The van der Waals surface area contributed by atoms with Crippen molar-refractivity contribution >= 4 is 34.3 Å². The summed E-state index contributed by atoms with van der Waals surface area (Å²) in [4.78, 5) is 19.2. The number of aliphatic hydroxyl groups is 1. The molecule has 0 atom stereocenters. The molecule has 8 nitrogen and oxygen atoms in total. The fourth-order valence-electron chi connectivity index (χ4n) is 3.06. The summed E-state index contributed by atoms with van der Waals surface area (Å²) in [6.45, 7) is 1.52. The molecule has 9 heteroatoms. The van der Waals surface area contributed by atoms with Gasteiger partial charge in [0.15, 0.2) is 0 Å². The second-order valence-corrected chi connectivity index (χ2v) is 7.26. The van der Waals surface area contributed by atoms with E-state index in [1.54, 1.807) is 16.3 Å². The van der Waals surface area contributed by atoms with Crippen LogP contribution in [0.4, 0.5) is 17.1 Å². The summed E-state index contributed by atoms with van der Waals surface area (Å²) in [5, 5.41) is 19.0. The molecule has 0 radical (unpaired) electrons. The molecule has 2 aromatic heterocycles. The lowest BCUT2D eigenvalue weighted by molar-refractivity contribution is 0.102. The maximum Gasteiger partial charge on any atom is 0.275 e. The quantitative estimate of drug-likeness (QED) is 0.636. The van der Waals surface area contributed by atoms with Crippen molar-refractivity contribution in [1.29, 1.82) is 0 Å². The smallest absolute Gasteiger partial charge is 0.275 e. The summed E-state index contributed by atoms with van der Waals surface area (Å²) in [6, 6.07) is 7.68. The van der Waals surface area contributed by atoms with E-state index >= 15 is 0 Å². The molecule has 0 unspecified atom stereocenters. The molecule has 0 bridgehead atoms. The van der Waals surface area contributed by atoms with Gasteiger partial charge in [-0.2, -0.15) is 5.10 Å². The number of rotatable bonds is 4. The first-order valence-electron chi connectivity index (χ1n) is 8.69. The molecule has 3 heterocycles. The van der Waals surface area contributed by atoms with Crippen LogP contribution in [0.25, 0.3) is 5.13 Å². The van der Waals surface area contributed by atoms with Crippen molar-refractivity contribution in [3.63, 3.8) is 0 Å². The van der Waals surface area contributed by atoms with Crippen molar-refractivity contribution in [1.82, 2.24) is 14.8 Å². The fraction of sp³-hybridized carbons (Fsp3) is 0.278. The average molecular weight is 384 g/mol. The third kappa shape index (κ3) is 3.79. The first kappa shape index (κ1) is 17.5. The summed E-state index contributed by atoms with van der Waals surface area (Å²) in [6.07, 6.45) is 4.40. The third-order valence-electron chi connectivity index (χ3n) is 4.48. The summed E-state index contributed by atoms with van der Waals surface area (Å²) in [5.74, 6) is -0.276. The molecule has 1 amide bonds. The minimum atomic E-state index is -0.276. The Morgan fingerprint density at radius 2 is 2.07 bits per heavy atom. The van der Waals surface area contributed by atoms with Gasteiger partial charge in [-0.15, -0.1) is 11.3 Å². The molecule has 1 aromatic carbocycles. The zero-order valence-electron chi connectivity index (χ0n) is 14.6. The van der Waals surface area contributed by atoms with Gasteiger partial charge >= 0.3 is 0 Å². The molecule has 4 rings (SSSR count). The number of nitrogens with zero attached hydrogens (tertiary/aromatic N) is 4. The largest absolute Gasteiger partial charge is 0.396 e. The summed E-state index contributed by atoms with van der Waals surface area (Å²) < 4.78 is 1.55. The molecule has 0 saturated carbocycles. The van der Waals surface area contributed by atoms with Crippen LogP contribution in [-0.2, 0) is 0 Å². The second-order valence-electron chi connectivity index (χ2n) is 6.42. The highest BCUT2D eigenvalue weighted by Crippen LogP contribution is 2.29. The van der Waals surface area contributed by atoms with Gasteiger partial charge < -0.3 is 21.1 Å². The van der Waals surface area contributed by atoms with Gasteiger partial charge in [-0.1, -0.05) is 12.1 Å². The van der Waals surface area contributed by atoms with Gasteiger partial charge in [-0.25, -0.2) is 9.67 Å². The second kappa shape index (κ2) is 7.37. The van der Waals surface area contributed by atoms with E-state index in [-0.39, 0.29) is 12.0 Å². The van der Waals surface area contributed by atoms with Gasteiger partial charge in [-0.05, 0) is 25.0 Å². The number of hydrogen-bond acceptors (Lipinski definition) is 7. The predicted octanol–water partition coefficient (Wildman–Crippen LogP) is 2.12. The lowest BCUT2D eigenvalue weighted by atomic mass is 10.1. The Morgan fingerprint density at radius 3 is 2.81 bits per heavy atom. The van der Waals surface area contributed by atoms with Crippen LogP contribution in [0.15, 0.2) is 42.0 Å². The van der Waals surface area contributed by atoms with Gasteiger partial charge in [0.2, 0.25) is 5.13 Å². The van der Waals surface area contributed by atoms with Gasteiger partial charge in [0, 0.05) is 18.5 Å². The first-order valence-corrected chi connectivity index (χ1v) is 9.57. The standard InChI is InChI=1S/C18H20N6O2S/c19-12-9-20-24(10-12)18-22-15(11-27-18)17(26)21-14-3-1-2-4-16(14)23-7-5-13(25)6-8-23/h1-4,9-11,13,25H,5-8,19H2,(H,21,26). The van der Waals surface area contributed by atoms with Crippen LogP contribution in [0.1, 0.15) is 23.3 Å². The van der Waals surface area contributed by atoms with Crippen LogP contribution < -0.4 is 16.0 Å². The number of piperidine rings is 1. The van der Waals surface area contributed by atoms with Crippen LogP contribution in [0.2, 0.25) is 0 Å². The molecular formula is C18H20N6O2S. The Balaban J connectivity index is 1.51. The zero-order valence-corrected chi connectivity index (χ0v) is 15.4. The molecule has 1 aliphatic heterocycles. The van der Waals surface area contributed by atoms with Crippen LogP contribution in [0, 0.1) is 0 Å². The van der Waals surface area contributed by atoms with E-state index in [9.17, 15) is 9.90 Å². The number of thiazole rings is 1. The molecule has 3 aromatic rings. The monoisotopic (exact) mass is 384 g/mol. The molecule has 1 aliphatic rings. The van der Waals surface area contributed by atoms with E-state index in [0.29, 0.717) is 16.5 Å². The number of nitrogens with one attached hydrogen (secondary N) is 1. The Morgan fingerprint density at radius 1 is 1.30 bits per heavy atom. The minimum Gasteiger partial charge on any atom is -0.396 e. The number of anilines is 3. The molecule has 1 saturated heterocycles. The van der Waals surface area contributed by atoms with Crippen LogP contribution in [0.5, 0.6) is 0 Å². The highest BCUT2D eigenvalue weighted by molar-refractivity contribution is 7.12. The van der Waals surface area contributed by atoms with Crippen molar-refractivity contribution < 1.29 is 9.90 Å². The predicted molar refractivity (Wildman–Crippen MR) is 105 cm³/mol. The molecular weight excluding hydrogens is 364 g/mol. The Kier molecular flexibility index (Phi) is 4.78. The van der Waals surface area contributed by atoms with Gasteiger partial charge in [-0.3, -0.25) is 4.79 Å². The molecule has 0 aliphatic carbocycles. The Labute approximate surface area is 160 Å². The van der Waals surface area contributed by atoms with Crippen molar-refractivity contribution in [2.75, 3.05) is 29.0 Å². The van der Waals surface area contributed by atoms with E-state index in [1.165, 1.54) is 17.5 Å². The normalized spacial score (nSPS) is 15.1. The van der Waals surface area contributed by atoms with Crippen LogP contribution in [-0.4, -0.2) is 45.0 Å². The van der Waals surface area contributed by atoms with Gasteiger partial charge in [0.05, 0.1) is 35.6 Å². The maximum atomic E-state index is 12.7. The van der Waals surface area contributed by atoms with Crippen LogP contribution in [0.3, 0.4) is 0 Å². The Hall–Kier alpha value is -2.91. The van der Waals surface area contributed by atoms with Crippen molar-refractivity contribution in [2.45, 2.75) is 18.9 Å². The molecule has 0 spiro atoms. The van der Waals surface area contributed by atoms with Crippen molar-refractivity contribution in [3.05, 3.63) is 47.7 Å². The van der Waals surface area contributed by atoms with E-state index in [1.807, 2.05) is 24.3 Å². The number of amides is 1. The molecule has 1 fully saturated rings. The highest BCUT2D eigenvalue weighted by Gasteiger charge is 2.20. The summed E-state index contributed by atoms with van der Waals surface area (Å²) >= 11 is 1.32. The highest BCUT2D eigenvalue weighted by atomic mass is 32.1. The number of nitrogens with two attached hydrogens (primary N) is 1. The van der Waals surface area contributed by atoms with E-state index < -0.39 is 0 Å². The number of aromatic nitrogens is 3. The van der Waals surface area contributed by atoms with Crippen molar-refractivity contribution in [2.24, 2.45) is 0 Å². The summed E-state index contributed by atoms with van der Waals surface area (Å²) in [5.41, 5.74) is 8.23. The maximum absolute atomic E-state index is 12.7. The van der Waals surface area contributed by atoms with E-state index in [4.69, 9.17) is 5.73 Å². The minimum absolute atomic E-state index is 0.243. The lowest BCUT2D eigenvalue weighted by Gasteiger charge is -2.32. The van der Waals surface area contributed by atoms with Gasteiger partial charge in [0.1, 0.15) is 5.69 Å². The zero-order chi connectivity index (χ0) is 18.8. The number of aliphatic hydroxyl groups excluding tert-OH is 1. The number of para-hydroxylation sites is 2. The van der Waals surface area contributed by atoms with E-state index in [0.717, 1.165) is 37.3 Å². The number of benzene rings is 1. The first-order chi connectivity index (χ1) is 13.1. The molecule has 140 valence electrons. The molecule has 4 N–H and O–H groups in total. The van der Waals surface area contributed by atoms with E-state index in [2.05, 4.69) is 20.3 Å². The topological polar surface area (TPSA) is 109 Å². The number of carbonyl (C=O) groups excluding carboxylic acids is 1. The van der Waals surface area contributed by atoms with Gasteiger partial charge in [0.25, 0.3) is 5.91 Å². The lowest BCUT2D eigenvalue weighted by Crippen LogP contribution is -2.36. The SMILES string of the molecule is Nc1cnn(-c2nc(C(=O)Nc3ccccc3N3CCC(O)CC3)cs2)c1. The Bertz CT molecular complexity index is 945. The average Bonchev–Trinajstić information content (AvgIpc) is 3.32. The number of carbonyl (C=O) groups is 1. The molecule has 27 heavy (non-hydrogen) atoms. The third-order valence-corrected chi connectivity index (χ3v) is 5.31. The van der Waals surface area contributed by atoms with Crippen molar-refractivity contribution in [3.8, 4) is 5.13 Å². The number of nitrogen functional groups attached to an aromatic ring is 1. The van der Waals surface area contributed by atoms with Crippen LogP contribution >= 0.6 is 11.3 Å².